The summed E-state index contributed by atoms with van der Waals surface area (Å²) >= 11 is 0. The molecule has 2 aromatic rings. The quantitative estimate of drug-likeness (QED) is 0.574. The van der Waals surface area contributed by atoms with E-state index in [1.165, 1.54) is 16.4 Å². The molecule has 0 atom stereocenters. The molecule has 2 aromatic carbocycles. The highest BCUT2D eigenvalue weighted by atomic mass is 32.2. The van der Waals surface area contributed by atoms with Crippen LogP contribution in [0, 0.1) is 23.0 Å². The van der Waals surface area contributed by atoms with Crippen LogP contribution in [0.4, 0.5) is 11.4 Å². The van der Waals surface area contributed by atoms with E-state index >= 15 is 0 Å². The van der Waals surface area contributed by atoms with Gasteiger partial charge in [0.2, 0.25) is 15.9 Å². The van der Waals surface area contributed by atoms with Gasteiger partial charge >= 0.3 is 0 Å². The fourth-order valence-corrected chi connectivity index (χ4v) is 5.03. The van der Waals surface area contributed by atoms with Crippen molar-refractivity contribution in [2.24, 2.45) is 5.92 Å². The molecule has 1 N–H and O–H groups in total. The third-order valence-electron chi connectivity index (χ3n) is 5.17. The van der Waals surface area contributed by atoms with Crippen LogP contribution in [0.2, 0.25) is 0 Å². The average molecular weight is 417 g/mol. The van der Waals surface area contributed by atoms with E-state index < -0.39 is 14.9 Å². The first kappa shape index (κ1) is 20.9. The summed E-state index contributed by atoms with van der Waals surface area (Å²) < 4.78 is 26.7. The largest absolute Gasteiger partial charge is 0.325 e. The molecule has 154 valence electrons. The highest BCUT2D eigenvalue weighted by molar-refractivity contribution is 7.88. The van der Waals surface area contributed by atoms with Crippen LogP contribution in [0.1, 0.15) is 24.0 Å². The lowest BCUT2D eigenvalue weighted by Gasteiger charge is -2.30. The maximum atomic E-state index is 12.6. The summed E-state index contributed by atoms with van der Waals surface area (Å²) in [5, 5.41) is 13.8. The Kier molecular flexibility index (Phi) is 6.29. The van der Waals surface area contributed by atoms with Gasteiger partial charge in [0.25, 0.3) is 5.69 Å². The molecule has 29 heavy (non-hydrogen) atoms. The fourth-order valence-electron chi connectivity index (χ4n) is 3.46. The zero-order valence-corrected chi connectivity index (χ0v) is 16.9. The fraction of sp³-hybridized carbons (Fsp3) is 0.350. The van der Waals surface area contributed by atoms with Crippen molar-refractivity contribution in [2.75, 3.05) is 18.4 Å². The Hall–Kier alpha value is -2.78. The van der Waals surface area contributed by atoms with Gasteiger partial charge in [0.05, 0.1) is 21.9 Å². The van der Waals surface area contributed by atoms with Crippen molar-refractivity contribution in [3.63, 3.8) is 0 Å². The van der Waals surface area contributed by atoms with Crippen LogP contribution < -0.4 is 5.32 Å². The smallest absolute Gasteiger partial charge is 0.274 e. The normalized spacial score (nSPS) is 15.8. The number of nitrogens with one attached hydrogen (secondary N) is 1. The molecule has 1 aliphatic rings. The van der Waals surface area contributed by atoms with Crippen LogP contribution >= 0.6 is 0 Å². The number of nitro groups is 1. The zero-order chi connectivity index (χ0) is 21.0. The molecule has 8 nitrogen and oxygen atoms in total. The topological polar surface area (TPSA) is 110 Å². The number of carbonyl (C=O) groups is 1. The van der Waals surface area contributed by atoms with Crippen LogP contribution in [0.3, 0.4) is 0 Å². The summed E-state index contributed by atoms with van der Waals surface area (Å²) in [6, 6.07) is 13.5. The van der Waals surface area contributed by atoms with E-state index in [0.29, 0.717) is 24.1 Å². The highest BCUT2D eigenvalue weighted by Gasteiger charge is 2.31. The summed E-state index contributed by atoms with van der Waals surface area (Å²) in [6.45, 7) is 2.15. The molecular weight excluding hydrogens is 394 g/mol. The lowest BCUT2D eigenvalue weighted by Crippen LogP contribution is -2.41. The molecule has 0 aromatic heterocycles. The van der Waals surface area contributed by atoms with E-state index in [1.54, 1.807) is 37.3 Å². The highest BCUT2D eigenvalue weighted by Crippen LogP contribution is 2.27. The maximum absolute atomic E-state index is 12.6. The second-order valence-electron chi connectivity index (χ2n) is 7.11. The molecule has 1 amide bonds. The molecule has 0 spiro atoms. The first-order valence-electron chi connectivity index (χ1n) is 9.34. The number of carbonyl (C=O) groups excluding carboxylic acids is 1. The maximum Gasteiger partial charge on any atom is 0.274 e. The zero-order valence-electron chi connectivity index (χ0n) is 16.1. The van der Waals surface area contributed by atoms with Crippen molar-refractivity contribution in [2.45, 2.75) is 25.5 Å². The van der Waals surface area contributed by atoms with Gasteiger partial charge in [0, 0.05) is 25.1 Å². The Morgan fingerprint density at radius 2 is 1.79 bits per heavy atom. The first-order valence-corrected chi connectivity index (χ1v) is 11.0. The number of nitrogens with zero attached hydrogens (tertiary/aromatic N) is 2. The molecule has 3 rings (SSSR count). The third-order valence-corrected chi connectivity index (χ3v) is 7.02. The van der Waals surface area contributed by atoms with Gasteiger partial charge in [0.15, 0.2) is 0 Å². The van der Waals surface area contributed by atoms with Gasteiger partial charge in [-0.25, -0.2) is 12.7 Å². The summed E-state index contributed by atoms with van der Waals surface area (Å²) in [5.41, 5.74) is 1.48. The van der Waals surface area contributed by atoms with Gasteiger partial charge in [-0.3, -0.25) is 14.9 Å². The second-order valence-corrected chi connectivity index (χ2v) is 9.08. The number of sulfonamides is 1. The summed E-state index contributed by atoms with van der Waals surface area (Å²) in [4.78, 5) is 23.2. The van der Waals surface area contributed by atoms with Crippen LogP contribution in [-0.2, 0) is 20.6 Å². The van der Waals surface area contributed by atoms with E-state index in [-0.39, 0.29) is 36.4 Å². The average Bonchev–Trinajstić information content (AvgIpc) is 2.70. The molecule has 0 bridgehead atoms. The van der Waals surface area contributed by atoms with E-state index in [9.17, 15) is 23.3 Å². The molecule has 1 saturated heterocycles. The van der Waals surface area contributed by atoms with Crippen molar-refractivity contribution >= 4 is 27.3 Å². The molecule has 0 unspecified atom stereocenters. The van der Waals surface area contributed by atoms with E-state index in [0.717, 1.165) is 5.56 Å². The molecule has 9 heteroatoms. The van der Waals surface area contributed by atoms with Gasteiger partial charge in [-0.15, -0.1) is 0 Å². The van der Waals surface area contributed by atoms with Gasteiger partial charge < -0.3 is 5.32 Å². The van der Waals surface area contributed by atoms with Crippen molar-refractivity contribution in [1.82, 2.24) is 4.31 Å². The van der Waals surface area contributed by atoms with Crippen LogP contribution in [-0.4, -0.2) is 36.6 Å². The SMILES string of the molecule is Cc1c(NC(=O)C2CCN(S(=O)(=O)Cc3ccccc3)CC2)cccc1[N+](=O)[O-]. The molecule has 0 radical (unpaired) electrons. The Morgan fingerprint density at radius 1 is 1.14 bits per heavy atom. The predicted molar refractivity (Wildman–Crippen MR) is 110 cm³/mol. The number of anilines is 1. The van der Waals surface area contributed by atoms with Gasteiger partial charge in [-0.1, -0.05) is 36.4 Å². The lowest BCUT2D eigenvalue weighted by atomic mass is 9.97. The van der Waals surface area contributed by atoms with Crippen LogP contribution in [0.15, 0.2) is 48.5 Å². The molecule has 1 heterocycles. The minimum absolute atomic E-state index is 0.0513. The summed E-state index contributed by atoms with van der Waals surface area (Å²) in [5.74, 6) is -0.636. The number of benzene rings is 2. The summed E-state index contributed by atoms with van der Waals surface area (Å²) in [7, 11) is -3.44. The standard InChI is InChI=1S/C20H23N3O5S/c1-15-18(8-5-9-19(15)23(25)26)21-20(24)17-10-12-22(13-11-17)29(27,28)14-16-6-3-2-4-7-16/h2-9,17H,10-14H2,1H3,(H,21,24). The van der Waals surface area contributed by atoms with E-state index in [1.807, 2.05) is 6.07 Å². The van der Waals surface area contributed by atoms with E-state index in [4.69, 9.17) is 0 Å². The Balaban J connectivity index is 1.60. The number of nitro benzene ring substituents is 1. The Labute approximate surface area is 169 Å². The molecule has 0 saturated carbocycles. The van der Waals surface area contributed by atoms with Crippen LogP contribution in [0.25, 0.3) is 0 Å². The van der Waals surface area contributed by atoms with Gasteiger partial charge in [-0.05, 0) is 31.4 Å². The third kappa shape index (κ3) is 4.99. The number of piperidine rings is 1. The van der Waals surface area contributed by atoms with Crippen LogP contribution in [0.5, 0.6) is 0 Å². The lowest BCUT2D eigenvalue weighted by molar-refractivity contribution is -0.385. The summed E-state index contributed by atoms with van der Waals surface area (Å²) in [6.07, 6.45) is 0.821. The number of hydrogen-bond donors (Lipinski definition) is 1. The van der Waals surface area contributed by atoms with Crippen molar-refractivity contribution in [1.29, 1.82) is 0 Å². The predicted octanol–water partition coefficient (Wildman–Crippen LogP) is 3.08. The Bertz CT molecular complexity index is 1000. The van der Waals surface area contributed by atoms with Crippen molar-refractivity contribution < 1.29 is 18.1 Å². The number of amides is 1. The minimum Gasteiger partial charge on any atom is -0.325 e. The van der Waals surface area contributed by atoms with Crippen molar-refractivity contribution in [3.8, 4) is 0 Å². The molecule has 1 aliphatic heterocycles. The minimum atomic E-state index is -3.44. The van der Waals surface area contributed by atoms with Gasteiger partial charge in [0.1, 0.15) is 0 Å². The molecule has 1 fully saturated rings. The van der Waals surface area contributed by atoms with E-state index in [2.05, 4.69) is 5.32 Å². The molecule has 0 aliphatic carbocycles. The first-order chi connectivity index (χ1) is 13.8. The molecular formula is C20H23N3O5S. The van der Waals surface area contributed by atoms with Gasteiger partial charge in [-0.2, -0.15) is 0 Å². The Morgan fingerprint density at radius 3 is 2.41 bits per heavy atom. The number of rotatable bonds is 6. The monoisotopic (exact) mass is 417 g/mol. The van der Waals surface area contributed by atoms with Crippen molar-refractivity contribution in [3.05, 3.63) is 69.8 Å². The second kappa shape index (κ2) is 8.71. The number of hydrogen-bond acceptors (Lipinski definition) is 5.